The summed E-state index contributed by atoms with van der Waals surface area (Å²) in [6.45, 7) is 4.65. The van der Waals surface area contributed by atoms with Crippen LogP contribution in [-0.4, -0.2) is 24.6 Å². The zero-order valence-corrected chi connectivity index (χ0v) is 15.7. The van der Waals surface area contributed by atoms with E-state index < -0.39 is 0 Å². The Morgan fingerprint density at radius 2 is 1.50 bits per heavy atom. The fraction of sp³-hybridized carbons (Fsp3) is 0.900. The lowest BCUT2D eigenvalue weighted by molar-refractivity contribution is -0.154. The van der Waals surface area contributed by atoms with E-state index in [9.17, 15) is 9.59 Å². The molecular formula is C20H36O4. The number of unbranched alkanes of at least 4 members (excludes halogenated alkanes) is 6. The maximum absolute atomic E-state index is 11.8. The van der Waals surface area contributed by atoms with Gasteiger partial charge in [-0.15, -0.1) is 0 Å². The van der Waals surface area contributed by atoms with Gasteiger partial charge in [-0.25, -0.2) is 0 Å². The summed E-state index contributed by atoms with van der Waals surface area (Å²) in [5, 5.41) is 0. The highest BCUT2D eigenvalue weighted by Crippen LogP contribution is 2.29. The van der Waals surface area contributed by atoms with Crippen molar-refractivity contribution in [3.05, 3.63) is 0 Å². The molecule has 1 saturated carbocycles. The minimum Gasteiger partial charge on any atom is -0.466 e. The summed E-state index contributed by atoms with van der Waals surface area (Å²) in [4.78, 5) is 23.4. The highest BCUT2D eigenvalue weighted by atomic mass is 16.5. The Labute approximate surface area is 147 Å². The van der Waals surface area contributed by atoms with E-state index in [1.807, 2.05) is 6.92 Å². The van der Waals surface area contributed by atoms with Crippen molar-refractivity contribution in [3.63, 3.8) is 0 Å². The molecule has 0 saturated heterocycles. The summed E-state index contributed by atoms with van der Waals surface area (Å²) in [7, 11) is 0. The minimum absolute atomic E-state index is 0.0243. The first-order valence-electron chi connectivity index (χ1n) is 9.98. The summed E-state index contributed by atoms with van der Waals surface area (Å²) in [6.07, 6.45) is 13.4. The van der Waals surface area contributed by atoms with Crippen LogP contribution in [0.1, 0.15) is 97.3 Å². The summed E-state index contributed by atoms with van der Waals surface area (Å²) < 4.78 is 10.6. The lowest BCUT2D eigenvalue weighted by atomic mass is 10.0. The minimum atomic E-state index is -0.286. The van der Waals surface area contributed by atoms with Gasteiger partial charge in [0.1, 0.15) is 6.10 Å². The molecule has 24 heavy (non-hydrogen) atoms. The molecule has 0 aromatic carbocycles. The van der Waals surface area contributed by atoms with Gasteiger partial charge in [0, 0.05) is 0 Å². The van der Waals surface area contributed by atoms with Crippen molar-refractivity contribution in [2.24, 2.45) is 5.92 Å². The van der Waals surface area contributed by atoms with Gasteiger partial charge in [-0.05, 0) is 32.1 Å². The molecule has 0 aromatic rings. The molecule has 1 unspecified atom stereocenters. The van der Waals surface area contributed by atoms with Crippen LogP contribution in [0.2, 0.25) is 0 Å². The van der Waals surface area contributed by atoms with Gasteiger partial charge in [-0.2, -0.15) is 0 Å². The van der Waals surface area contributed by atoms with Gasteiger partial charge in [-0.3, -0.25) is 9.59 Å². The topological polar surface area (TPSA) is 52.6 Å². The quantitative estimate of drug-likeness (QED) is 0.342. The van der Waals surface area contributed by atoms with Crippen LogP contribution in [-0.2, 0) is 19.1 Å². The Balaban J connectivity index is 1.95. The lowest BCUT2D eigenvalue weighted by Crippen LogP contribution is -2.22. The van der Waals surface area contributed by atoms with Crippen molar-refractivity contribution in [2.45, 2.75) is 103 Å². The van der Waals surface area contributed by atoms with Gasteiger partial charge < -0.3 is 9.47 Å². The van der Waals surface area contributed by atoms with Crippen molar-refractivity contribution >= 4 is 11.9 Å². The standard InChI is InChI=1S/C20H36O4/c1-3-4-5-6-7-8-11-16-23-19(21)14-15-20(22)24-17(2)18-12-9-10-13-18/h17-18H,3-16H2,1-2H3. The fourth-order valence-corrected chi connectivity index (χ4v) is 3.31. The van der Waals surface area contributed by atoms with Crippen molar-refractivity contribution in [2.75, 3.05) is 6.61 Å². The number of hydrogen-bond donors (Lipinski definition) is 0. The third kappa shape index (κ3) is 9.94. The maximum atomic E-state index is 11.8. The van der Waals surface area contributed by atoms with Crippen LogP contribution in [0.15, 0.2) is 0 Å². The predicted octanol–water partition coefficient (Wildman–Crippen LogP) is 5.18. The molecule has 1 aliphatic rings. The van der Waals surface area contributed by atoms with E-state index in [0.717, 1.165) is 25.7 Å². The molecule has 0 radical (unpaired) electrons. The molecule has 0 N–H and O–H groups in total. The fourth-order valence-electron chi connectivity index (χ4n) is 3.31. The summed E-state index contributed by atoms with van der Waals surface area (Å²) in [5.41, 5.74) is 0. The Kier molecular flexibility index (Phi) is 11.6. The lowest BCUT2D eigenvalue weighted by Gasteiger charge is -2.19. The van der Waals surface area contributed by atoms with Gasteiger partial charge in [0.25, 0.3) is 0 Å². The Bertz CT molecular complexity index is 348. The number of carbonyl (C=O) groups is 2. The predicted molar refractivity (Wildman–Crippen MR) is 95.7 cm³/mol. The van der Waals surface area contributed by atoms with Crippen LogP contribution in [0.4, 0.5) is 0 Å². The largest absolute Gasteiger partial charge is 0.466 e. The monoisotopic (exact) mass is 340 g/mol. The normalized spacial score (nSPS) is 16.1. The maximum Gasteiger partial charge on any atom is 0.306 e. The first kappa shape index (κ1) is 21.0. The molecular weight excluding hydrogens is 304 g/mol. The van der Waals surface area contributed by atoms with Gasteiger partial charge in [0.15, 0.2) is 0 Å². The van der Waals surface area contributed by atoms with Crippen molar-refractivity contribution < 1.29 is 19.1 Å². The van der Waals surface area contributed by atoms with E-state index in [1.54, 1.807) is 0 Å². The molecule has 0 aromatic heterocycles. The molecule has 1 rings (SSSR count). The van der Waals surface area contributed by atoms with E-state index in [0.29, 0.717) is 12.5 Å². The summed E-state index contributed by atoms with van der Waals surface area (Å²) in [5.74, 6) is -0.0630. The van der Waals surface area contributed by atoms with E-state index in [2.05, 4.69) is 6.92 Å². The first-order chi connectivity index (χ1) is 11.6. The van der Waals surface area contributed by atoms with Crippen LogP contribution in [0.5, 0.6) is 0 Å². The van der Waals surface area contributed by atoms with Crippen LogP contribution >= 0.6 is 0 Å². The summed E-state index contributed by atoms with van der Waals surface area (Å²) >= 11 is 0. The molecule has 1 atom stereocenters. The van der Waals surface area contributed by atoms with Gasteiger partial charge in [-0.1, -0.05) is 58.3 Å². The molecule has 0 spiro atoms. The molecule has 140 valence electrons. The van der Waals surface area contributed by atoms with Crippen molar-refractivity contribution in [1.82, 2.24) is 0 Å². The number of esters is 2. The second-order valence-electron chi connectivity index (χ2n) is 7.08. The third-order valence-electron chi connectivity index (χ3n) is 4.93. The first-order valence-corrected chi connectivity index (χ1v) is 9.98. The van der Waals surface area contributed by atoms with E-state index in [4.69, 9.17) is 9.47 Å². The molecule has 1 fully saturated rings. The highest BCUT2D eigenvalue weighted by Gasteiger charge is 2.24. The molecule has 0 heterocycles. The second kappa shape index (κ2) is 13.3. The molecule has 0 amide bonds. The number of rotatable bonds is 13. The number of carbonyl (C=O) groups excluding carboxylic acids is 2. The Morgan fingerprint density at radius 3 is 2.17 bits per heavy atom. The van der Waals surface area contributed by atoms with E-state index in [1.165, 1.54) is 44.9 Å². The van der Waals surface area contributed by atoms with Crippen LogP contribution in [0.25, 0.3) is 0 Å². The van der Waals surface area contributed by atoms with Crippen molar-refractivity contribution in [3.8, 4) is 0 Å². The van der Waals surface area contributed by atoms with Crippen LogP contribution in [0.3, 0.4) is 0 Å². The van der Waals surface area contributed by atoms with Crippen molar-refractivity contribution in [1.29, 1.82) is 0 Å². The third-order valence-corrected chi connectivity index (χ3v) is 4.93. The SMILES string of the molecule is CCCCCCCCCOC(=O)CCC(=O)OC(C)C1CCCC1. The Morgan fingerprint density at radius 1 is 0.917 bits per heavy atom. The number of ether oxygens (including phenoxy) is 2. The molecule has 0 aliphatic heterocycles. The van der Waals surface area contributed by atoms with E-state index in [-0.39, 0.29) is 30.9 Å². The van der Waals surface area contributed by atoms with Gasteiger partial charge in [0.05, 0.1) is 19.4 Å². The zero-order chi connectivity index (χ0) is 17.6. The zero-order valence-electron chi connectivity index (χ0n) is 15.7. The average Bonchev–Trinajstić information content (AvgIpc) is 3.10. The smallest absolute Gasteiger partial charge is 0.306 e. The molecule has 0 bridgehead atoms. The average molecular weight is 341 g/mol. The van der Waals surface area contributed by atoms with E-state index >= 15 is 0 Å². The van der Waals surface area contributed by atoms with Crippen LogP contribution < -0.4 is 0 Å². The Hall–Kier alpha value is -1.06. The summed E-state index contributed by atoms with van der Waals surface area (Å²) in [6, 6.07) is 0. The molecule has 1 aliphatic carbocycles. The van der Waals surface area contributed by atoms with Crippen LogP contribution in [0, 0.1) is 5.92 Å². The van der Waals surface area contributed by atoms with Gasteiger partial charge in [0.2, 0.25) is 0 Å². The molecule has 4 heteroatoms. The second-order valence-corrected chi connectivity index (χ2v) is 7.08. The van der Waals surface area contributed by atoms with Gasteiger partial charge >= 0.3 is 11.9 Å². The number of hydrogen-bond acceptors (Lipinski definition) is 4. The molecule has 4 nitrogen and oxygen atoms in total. The highest BCUT2D eigenvalue weighted by molar-refractivity contribution is 5.77.